The summed E-state index contributed by atoms with van der Waals surface area (Å²) in [7, 11) is 0. The molecule has 0 aliphatic heterocycles. The summed E-state index contributed by atoms with van der Waals surface area (Å²) in [6.07, 6.45) is 6.13. The third kappa shape index (κ3) is 3.44. The molecule has 0 radical (unpaired) electrons. The van der Waals surface area contributed by atoms with Crippen molar-refractivity contribution in [3.05, 3.63) is 29.6 Å². The van der Waals surface area contributed by atoms with Gasteiger partial charge in [-0.05, 0) is 30.9 Å². The van der Waals surface area contributed by atoms with Crippen LogP contribution in [0.1, 0.15) is 44.6 Å². The Morgan fingerprint density at radius 2 is 2.05 bits per heavy atom. The lowest BCUT2D eigenvalue weighted by Crippen LogP contribution is -2.28. The van der Waals surface area contributed by atoms with Crippen molar-refractivity contribution in [2.45, 2.75) is 45.1 Å². The van der Waals surface area contributed by atoms with E-state index >= 15 is 0 Å². The maximum atomic E-state index is 13.8. The maximum Gasteiger partial charge on any atom is 0.135 e. The molecule has 1 aliphatic carbocycles. The number of rotatable bonds is 3. The zero-order valence-corrected chi connectivity index (χ0v) is 12.1. The highest BCUT2D eigenvalue weighted by Crippen LogP contribution is 2.28. The van der Waals surface area contributed by atoms with Gasteiger partial charge in [0.2, 0.25) is 0 Å². The van der Waals surface area contributed by atoms with Crippen molar-refractivity contribution >= 4 is 22.9 Å². The molecule has 0 amide bonds. The Hall–Kier alpha value is -1.16. The summed E-state index contributed by atoms with van der Waals surface area (Å²) >= 11 is 4.96. The Bertz CT molecular complexity index is 461. The van der Waals surface area contributed by atoms with Crippen molar-refractivity contribution in [2.75, 3.05) is 5.32 Å². The van der Waals surface area contributed by atoms with Crippen molar-refractivity contribution in [1.29, 1.82) is 0 Å². The highest BCUT2D eigenvalue weighted by molar-refractivity contribution is 7.80. The number of hydrogen-bond acceptors (Lipinski definition) is 2. The van der Waals surface area contributed by atoms with Crippen LogP contribution in [0.15, 0.2) is 18.2 Å². The summed E-state index contributed by atoms with van der Waals surface area (Å²) in [5, 5.41) is 3.45. The standard InChI is InChI=1S/C15H21FN2S/c1-10-6-3-2-4-8-12(10)18-13-9-5-7-11(16)14(13)15(17)19/h5,7,9-10,12,18H,2-4,6,8H2,1H3,(H2,17,19). The highest BCUT2D eigenvalue weighted by atomic mass is 32.1. The number of hydrogen-bond donors (Lipinski definition) is 2. The van der Waals surface area contributed by atoms with Crippen LogP contribution >= 0.6 is 12.2 Å². The molecule has 3 N–H and O–H groups in total. The van der Waals surface area contributed by atoms with Crippen molar-refractivity contribution in [3.8, 4) is 0 Å². The molecule has 2 rings (SSSR count). The summed E-state index contributed by atoms with van der Waals surface area (Å²) in [6.45, 7) is 2.25. The number of anilines is 1. The average Bonchev–Trinajstić information content (AvgIpc) is 2.54. The molecule has 0 aromatic heterocycles. The van der Waals surface area contributed by atoms with E-state index in [1.165, 1.54) is 31.7 Å². The molecule has 104 valence electrons. The lowest BCUT2D eigenvalue weighted by molar-refractivity contribution is 0.456. The lowest BCUT2D eigenvalue weighted by atomic mass is 9.96. The zero-order chi connectivity index (χ0) is 13.8. The molecular formula is C15H21FN2S. The van der Waals surface area contributed by atoms with Gasteiger partial charge in [-0.2, -0.15) is 0 Å². The first-order valence-electron chi connectivity index (χ1n) is 6.94. The second-order valence-electron chi connectivity index (χ2n) is 5.39. The molecule has 4 heteroatoms. The minimum atomic E-state index is -0.348. The van der Waals surface area contributed by atoms with Gasteiger partial charge in [-0.15, -0.1) is 0 Å². The number of halogens is 1. The second-order valence-corrected chi connectivity index (χ2v) is 5.83. The SMILES string of the molecule is CC1CCCCCC1Nc1cccc(F)c1C(N)=S. The fourth-order valence-corrected chi connectivity index (χ4v) is 3.01. The van der Waals surface area contributed by atoms with E-state index in [1.54, 1.807) is 6.07 Å². The van der Waals surface area contributed by atoms with Gasteiger partial charge in [0.05, 0.1) is 5.56 Å². The Balaban J connectivity index is 2.22. The van der Waals surface area contributed by atoms with E-state index in [2.05, 4.69) is 12.2 Å². The maximum absolute atomic E-state index is 13.8. The molecule has 2 unspecified atom stereocenters. The van der Waals surface area contributed by atoms with E-state index in [9.17, 15) is 4.39 Å². The first kappa shape index (κ1) is 14.3. The largest absolute Gasteiger partial charge is 0.389 e. The van der Waals surface area contributed by atoms with Crippen LogP contribution in [0.25, 0.3) is 0 Å². The fraction of sp³-hybridized carbons (Fsp3) is 0.533. The summed E-state index contributed by atoms with van der Waals surface area (Å²) in [6, 6.07) is 5.32. The molecule has 0 spiro atoms. The fourth-order valence-electron chi connectivity index (χ4n) is 2.80. The number of nitrogens with one attached hydrogen (secondary N) is 1. The molecule has 0 bridgehead atoms. The predicted octanol–water partition coefficient (Wildman–Crippen LogP) is 3.84. The molecule has 1 fully saturated rings. The lowest BCUT2D eigenvalue weighted by Gasteiger charge is -2.25. The van der Waals surface area contributed by atoms with Gasteiger partial charge in [-0.25, -0.2) is 4.39 Å². The van der Waals surface area contributed by atoms with Gasteiger partial charge in [0, 0.05) is 11.7 Å². The third-order valence-electron chi connectivity index (χ3n) is 3.96. The van der Waals surface area contributed by atoms with E-state index in [1.807, 2.05) is 6.07 Å². The molecule has 1 aromatic carbocycles. The van der Waals surface area contributed by atoms with Crippen molar-refractivity contribution in [2.24, 2.45) is 11.7 Å². The number of nitrogens with two attached hydrogens (primary N) is 1. The molecule has 0 heterocycles. The summed E-state index contributed by atoms with van der Waals surface area (Å²) in [4.78, 5) is 0.113. The van der Waals surface area contributed by atoms with Crippen LogP contribution < -0.4 is 11.1 Å². The van der Waals surface area contributed by atoms with Gasteiger partial charge < -0.3 is 11.1 Å². The van der Waals surface area contributed by atoms with Gasteiger partial charge in [-0.3, -0.25) is 0 Å². The van der Waals surface area contributed by atoms with E-state index < -0.39 is 0 Å². The van der Waals surface area contributed by atoms with E-state index in [0.29, 0.717) is 17.5 Å². The minimum absolute atomic E-state index is 0.113. The van der Waals surface area contributed by atoms with Gasteiger partial charge in [0.15, 0.2) is 0 Å². The van der Waals surface area contributed by atoms with Crippen molar-refractivity contribution in [1.82, 2.24) is 0 Å². The Morgan fingerprint density at radius 3 is 2.79 bits per heavy atom. The zero-order valence-electron chi connectivity index (χ0n) is 11.3. The topological polar surface area (TPSA) is 38.0 Å². The molecule has 1 aromatic rings. The van der Waals surface area contributed by atoms with E-state index in [4.69, 9.17) is 18.0 Å². The molecule has 2 atom stereocenters. The predicted molar refractivity (Wildman–Crippen MR) is 81.9 cm³/mol. The smallest absolute Gasteiger partial charge is 0.135 e. The number of thiocarbonyl (C=S) groups is 1. The van der Waals surface area contributed by atoms with Gasteiger partial charge in [0.1, 0.15) is 10.8 Å². The Kier molecular flexibility index (Phi) is 4.75. The van der Waals surface area contributed by atoms with Gasteiger partial charge >= 0.3 is 0 Å². The molecule has 19 heavy (non-hydrogen) atoms. The summed E-state index contributed by atoms with van der Waals surface area (Å²) < 4.78 is 13.8. The van der Waals surface area contributed by atoms with Crippen LogP contribution in [0, 0.1) is 11.7 Å². The van der Waals surface area contributed by atoms with Crippen LogP contribution in [0.3, 0.4) is 0 Å². The van der Waals surface area contributed by atoms with Crippen LogP contribution in [0.5, 0.6) is 0 Å². The monoisotopic (exact) mass is 280 g/mol. The number of benzene rings is 1. The van der Waals surface area contributed by atoms with Gasteiger partial charge in [-0.1, -0.05) is 44.5 Å². The van der Waals surface area contributed by atoms with Crippen LogP contribution in [-0.2, 0) is 0 Å². The Morgan fingerprint density at radius 1 is 1.32 bits per heavy atom. The molecular weight excluding hydrogens is 259 g/mol. The van der Waals surface area contributed by atoms with Crippen LogP contribution in [-0.4, -0.2) is 11.0 Å². The molecule has 0 saturated heterocycles. The van der Waals surface area contributed by atoms with E-state index in [0.717, 1.165) is 12.1 Å². The minimum Gasteiger partial charge on any atom is -0.389 e. The summed E-state index contributed by atoms with van der Waals surface area (Å²) in [5.41, 5.74) is 6.71. The van der Waals surface area contributed by atoms with Crippen LogP contribution in [0.4, 0.5) is 10.1 Å². The van der Waals surface area contributed by atoms with Crippen LogP contribution in [0.2, 0.25) is 0 Å². The molecule has 1 aliphatic rings. The van der Waals surface area contributed by atoms with E-state index in [-0.39, 0.29) is 10.8 Å². The average molecular weight is 280 g/mol. The first-order chi connectivity index (χ1) is 9.09. The van der Waals surface area contributed by atoms with Gasteiger partial charge in [0.25, 0.3) is 0 Å². The van der Waals surface area contributed by atoms with Crippen molar-refractivity contribution in [3.63, 3.8) is 0 Å². The third-order valence-corrected chi connectivity index (χ3v) is 4.17. The highest BCUT2D eigenvalue weighted by Gasteiger charge is 2.21. The molecule has 2 nitrogen and oxygen atoms in total. The normalized spacial score (nSPS) is 23.7. The quantitative estimate of drug-likeness (QED) is 0.652. The Labute approximate surface area is 119 Å². The summed E-state index contributed by atoms with van der Waals surface area (Å²) in [5.74, 6) is 0.240. The van der Waals surface area contributed by atoms with Crippen molar-refractivity contribution < 1.29 is 4.39 Å². The molecule has 1 saturated carbocycles. The first-order valence-corrected chi connectivity index (χ1v) is 7.35. The second kappa shape index (κ2) is 6.33.